The molecule has 18 heavy (non-hydrogen) atoms. The zero-order valence-electron chi connectivity index (χ0n) is 10.7. The van der Waals surface area contributed by atoms with E-state index in [0.717, 1.165) is 19.4 Å². The molecule has 1 N–H and O–H groups in total. The largest absolute Gasteiger partial charge is 0.376 e. The summed E-state index contributed by atoms with van der Waals surface area (Å²) in [5, 5.41) is 2.87. The Morgan fingerprint density at radius 1 is 1.61 bits per heavy atom. The highest BCUT2D eigenvalue weighted by Gasteiger charge is 2.23. The third-order valence-corrected chi connectivity index (χ3v) is 3.25. The Labute approximate surface area is 106 Å². The molecule has 0 aromatic carbocycles. The SMILES string of the molecule is CC(NC(=O)c1ccn(C)c(=O)c1)C1CCCO1. The quantitative estimate of drug-likeness (QED) is 0.858. The summed E-state index contributed by atoms with van der Waals surface area (Å²) in [5.74, 6) is -0.226. The van der Waals surface area contributed by atoms with Gasteiger partial charge in [0.15, 0.2) is 0 Å². The van der Waals surface area contributed by atoms with Gasteiger partial charge in [0.05, 0.1) is 12.1 Å². The number of ether oxygens (including phenoxy) is 1. The number of carbonyl (C=O) groups is 1. The van der Waals surface area contributed by atoms with E-state index in [1.54, 1.807) is 19.3 Å². The molecule has 98 valence electrons. The summed E-state index contributed by atoms with van der Waals surface area (Å²) < 4.78 is 6.94. The van der Waals surface area contributed by atoms with Crippen molar-refractivity contribution in [1.82, 2.24) is 9.88 Å². The molecule has 1 aliphatic rings. The molecule has 1 aromatic rings. The molecule has 1 aromatic heterocycles. The van der Waals surface area contributed by atoms with Crippen LogP contribution in [0.3, 0.4) is 0 Å². The van der Waals surface area contributed by atoms with Crippen molar-refractivity contribution in [2.24, 2.45) is 7.05 Å². The fourth-order valence-electron chi connectivity index (χ4n) is 2.07. The van der Waals surface area contributed by atoms with E-state index >= 15 is 0 Å². The Bertz CT molecular complexity index is 489. The maximum atomic E-state index is 12.0. The van der Waals surface area contributed by atoms with Gasteiger partial charge in [-0.2, -0.15) is 0 Å². The van der Waals surface area contributed by atoms with Crippen LogP contribution in [-0.2, 0) is 11.8 Å². The van der Waals surface area contributed by atoms with Crippen molar-refractivity contribution in [3.05, 3.63) is 34.2 Å². The summed E-state index contributed by atoms with van der Waals surface area (Å²) in [6, 6.07) is 2.94. The molecule has 0 aliphatic carbocycles. The highest BCUT2D eigenvalue weighted by atomic mass is 16.5. The third-order valence-electron chi connectivity index (χ3n) is 3.25. The van der Waals surface area contributed by atoms with E-state index in [2.05, 4.69) is 5.32 Å². The van der Waals surface area contributed by atoms with Crippen LogP contribution in [0.15, 0.2) is 23.1 Å². The van der Waals surface area contributed by atoms with Crippen LogP contribution in [0.1, 0.15) is 30.1 Å². The van der Waals surface area contributed by atoms with Gasteiger partial charge in [-0.15, -0.1) is 0 Å². The first-order chi connectivity index (χ1) is 8.58. The topological polar surface area (TPSA) is 60.3 Å². The zero-order valence-corrected chi connectivity index (χ0v) is 10.7. The summed E-state index contributed by atoms with van der Waals surface area (Å²) in [6.07, 6.45) is 3.68. The highest BCUT2D eigenvalue weighted by molar-refractivity contribution is 5.94. The van der Waals surface area contributed by atoms with E-state index in [1.807, 2.05) is 6.92 Å². The number of carbonyl (C=O) groups excluding carboxylic acids is 1. The highest BCUT2D eigenvalue weighted by Crippen LogP contribution is 2.15. The molecule has 5 nitrogen and oxygen atoms in total. The molecule has 0 radical (unpaired) electrons. The van der Waals surface area contributed by atoms with Gasteiger partial charge in [-0.05, 0) is 25.8 Å². The second-order valence-electron chi connectivity index (χ2n) is 4.68. The fourth-order valence-corrected chi connectivity index (χ4v) is 2.07. The van der Waals surface area contributed by atoms with Crippen molar-refractivity contribution in [2.75, 3.05) is 6.61 Å². The van der Waals surface area contributed by atoms with Gasteiger partial charge in [-0.25, -0.2) is 0 Å². The lowest BCUT2D eigenvalue weighted by atomic mass is 10.1. The molecule has 2 rings (SSSR count). The van der Waals surface area contributed by atoms with Crippen LogP contribution in [0.25, 0.3) is 0 Å². The van der Waals surface area contributed by atoms with Gasteiger partial charge in [0, 0.05) is 31.5 Å². The molecule has 1 fully saturated rings. The predicted molar refractivity (Wildman–Crippen MR) is 67.6 cm³/mol. The van der Waals surface area contributed by atoms with Crippen LogP contribution in [0.5, 0.6) is 0 Å². The molecule has 1 aliphatic heterocycles. The number of nitrogens with one attached hydrogen (secondary N) is 1. The molecule has 2 unspecified atom stereocenters. The van der Waals surface area contributed by atoms with Crippen LogP contribution < -0.4 is 10.9 Å². The van der Waals surface area contributed by atoms with Gasteiger partial charge < -0.3 is 14.6 Å². The van der Waals surface area contributed by atoms with Crippen LogP contribution >= 0.6 is 0 Å². The first-order valence-electron chi connectivity index (χ1n) is 6.17. The second-order valence-corrected chi connectivity index (χ2v) is 4.68. The molecule has 2 atom stereocenters. The monoisotopic (exact) mass is 250 g/mol. The standard InChI is InChI=1S/C13H18N2O3/c1-9(11-4-3-7-18-11)14-13(17)10-5-6-15(2)12(16)8-10/h5-6,8-9,11H,3-4,7H2,1-2H3,(H,14,17). The van der Waals surface area contributed by atoms with Gasteiger partial charge in [0.25, 0.3) is 11.5 Å². The normalized spacial score (nSPS) is 20.7. The minimum Gasteiger partial charge on any atom is -0.376 e. The van der Waals surface area contributed by atoms with Crippen molar-refractivity contribution < 1.29 is 9.53 Å². The van der Waals surface area contributed by atoms with E-state index in [0.29, 0.717) is 5.56 Å². The molecular weight excluding hydrogens is 232 g/mol. The maximum Gasteiger partial charge on any atom is 0.251 e. The van der Waals surface area contributed by atoms with E-state index in [1.165, 1.54) is 10.6 Å². The summed E-state index contributed by atoms with van der Waals surface area (Å²) in [4.78, 5) is 23.4. The van der Waals surface area contributed by atoms with Gasteiger partial charge >= 0.3 is 0 Å². The van der Waals surface area contributed by atoms with Gasteiger partial charge in [-0.3, -0.25) is 9.59 Å². The molecule has 1 amide bonds. The van der Waals surface area contributed by atoms with Crippen molar-refractivity contribution in [2.45, 2.75) is 31.9 Å². The molecule has 0 saturated carbocycles. The van der Waals surface area contributed by atoms with E-state index in [4.69, 9.17) is 4.74 Å². The summed E-state index contributed by atoms with van der Waals surface area (Å²) in [6.45, 7) is 2.69. The lowest BCUT2D eigenvalue weighted by molar-refractivity contribution is 0.0712. The Morgan fingerprint density at radius 2 is 2.39 bits per heavy atom. The molecule has 1 saturated heterocycles. The van der Waals surface area contributed by atoms with Crippen LogP contribution in [0, 0.1) is 0 Å². The zero-order chi connectivity index (χ0) is 13.1. The average molecular weight is 250 g/mol. The minimum absolute atomic E-state index is 0.0379. The lowest BCUT2D eigenvalue weighted by Crippen LogP contribution is -2.41. The van der Waals surface area contributed by atoms with Crippen molar-refractivity contribution in [3.8, 4) is 0 Å². The average Bonchev–Trinajstić information content (AvgIpc) is 2.86. The number of nitrogens with zero attached hydrogens (tertiary/aromatic N) is 1. The number of hydrogen-bond acceptors (Lipinski definition) is 3. The summed E-state index contributed by atoms with van der Waals surface area (Å²) >= 11 is 0. The summed E-state index contributed by atoms with van der Waals surface area (Å²) in [7, 11) is 1.65. The first-order valence-corrected chi connectivity index (χ1v) is 6.17. The van der Waals surface area contributed by atoms with Gasteiger partial charge in [-0.1, -0.05) is 0 Å². The molecule has 2 heterocycles. The third kappa shape index (κ3) is 2.79. The van der Waals surface area contributed by atoms with Crippen LogP contribution in [0.4, 0.5) is 0 Å². The molecular formula is C13H18N2O3. The number of rotatable bonds is 3. The van der Waals surface area contributed by atoms with Crippen molar-refractivity contribution in [1.29, 1.82) is 0 Å². The smallest absolute Gasteiger partial charge is 0.251 e. The van der Waals surface area contributed by atoms with Gasteiger partial charge in [0.2, 0.25) is 0 Å². The van der Waals surface area contributed by atoms with E-state index in [-0.39, 0.29) is 23.6 Å². The van der Waals surface area contributed by atoms with Crippen LogP contribution in [-0.4, -0.2) is 29.2 Å². The molecule has 5 heteroatoms. The number of pyridine rings is 1. The van der Waals surface area contributed by atoms with Crippen molar-refractivity contribution >= 4 is 5.91 Å². The fraction of sp³-hybridized carbons (Fsp3) is 0.538. The number of aromatic nitrogens is 1. The molecule has 0 bridgehead atoms. The Balaban J connectivity index is 2.02. The minimum atomic E-state index is -0.226. The number of hydrogen-bond donors (Lipinski definition) is 1. The van der Waals surface area contributed by atoms with E-state index < -0.39 is 0 Å². The maximum absolute atomic E-state index is 12.0. The Hall–Kier alpha value is -1.62. The Kier molecular flexibility index (Phi) is 3.81. The van der Waals surface area contributed by atoms with Gasteiger partial charge in [0.1, 0.15) is 0 Å². The number of amides is 1. The lowest BCUT2D eigenvalue weighted by Gasteiger charge is -2.19. The first kappa shape index (κ1) is 12.8. The Morgan fingerprint density at radius 3 is 3.00 bits per heavy atom. The second kappa shape index (κ2) is 5.35. The molecule has 0 spiro atoms. The summed E-state index contributed by atoms with van der Waals surface area (Å²) in [5.41, 5.74) is 0.204. The predicted octanol–water partition coefficient (Wildman–Crippen LogP) is 0.683. The number of aryl methyl sites for hydroxylation is 1. The van der Waals surface area contributed by atoms with E-state index in [9.17, 15) is 9.59 Å². The van der Waals surface area contributed by atoms with Crippen molar-refractivity contribution in [3.63, 3.8) is 0 Å². The van der Waals surface area contributed by atoms with Crippen LogP contribution in [0.2, 0.25) is 0 Å².